The third-order valence-corrected chi connectivity index (χ3v) is 6.51. The minimum absolute atomic E-state index is 0.308. The Morgan fingerprint density at radius 2 is 1.93 bits per heavy atom. The van der Waals surface area contributed by atoms with Crippen molar-refractivity contribution in [2.45, 2.75) is 32.2 Å². The van der Waals surface area contributed by atoms with Crippen LogP contribution in [-0.2, 0) is 11.3 Å². The molecule has 2 aromatic rings. The van der Waals surface area contributed by atoms with E-state index in [2.05, 4.69) is 26.9 Å². The van der Waals surface area contributed by atoms with Gasteiger partial charge in [0.2, 0.25) is 5.91 Å². The highest BCUT2D eigenvalue weighted by Crippen LogP contribution is 2.24. The maximum absolute atomic E-state index is 12.8. The topological polar surface area (TPSA) is 39.7 Å². The lowest BCUT2D eigenvalue weighted by atomic mass is 9.92. The summed E-state index contributed by atoms with van der Waals surface area (Å²) in [5.41, 5.74) is 1.27. The first kappa shape index (κ1) is 21.1. The van der Waals surface area contributed by atoms with Crippen LogP contribution in [0.25, 0.3) is 0 Å². The summed E-state index contributed by atoms with van der Waals surface area (Å²) >= 11 is 6.13. The number of aromatic nitrogens is 1. The molecule has 0 aliphatic carbocycles. The first-order valence-corrected chi connectivity index (χ1v) is 11.5. The molecule has 6 heteroatoms. The van der Waals surface area contributed by atoms with Gasteiger partial charge in [-0.3, -0.25) is 9.69 Å². The standard InChI is InChI=1S/C24H31ClN4O/c25-22-7-3-5-21(17-22)19-27-12-4-6-20(18-27)9-10-24(30)29-15-13-28(14-16-29)23-8-1-2-11-26-23/h1-3,5,7-8,11,17,20H,4,6,9-10,12-16,18-19H2/t20-/m0/s1. The van der Waals surface area contributed by atoms with Gasteiger partial charge in [-0.25, -0.2) is 4.98 Å². The molecule has 0 unspecified atom stereocenters. The Morgan fingerprint density at radius 3 is 2.70 bits per heavy atom. The van der Waals surface area contributed by atoms with Gasteiger partial charge in [-0.15, -0.1) is 0 Å². The second-order valence-electron chi connectivity index (χ2n) is 8.47. The van der Waals surface area contributed by atoms with Crippen LogP contribution in [0, 0.1) is 5.92 Å². The summed E-state index contributed by atoms with van der Waals surface area (Å²) in [6.07, 6.45) is 5.92. The molecule has 1 aromatic heterocycles. The molecular formula is C24H31ClN4O. The number of amides is 1. The Morgan fingerprint density at radius 1 is 1.07 bits per heavy atom. The van der Waals surface area contributed by atoms with E-state index in [0.717, 1.165) is 63.1 Å². The molecule has 4 rings (SSSR count). The summed E-state index contributed by atoms with van der Waals surface area (Å²) < 4.78 is 0. The molecule has 3 heterocycles. The Labute approximate surface area is 184 Å². The summed E-state index contributed by atoms with van der Waals surface area (Å²) in [5, 5.41) is 0.801. The Hall–Kier alpha value is -2.11. The van der Waals surface area contributed by atoms with E-state index in [0.29, 0.717) is 18.2 Å². The number of pyridine rings is 1. The van der Waals surface area contributed by atoms with Gasteiger partial charge in [-0.2, -0.15) is 0 Å². The van der Waals surface area contributed by atoms with Gasteiger partial charge >= 0.3 is 0 Å². The molecule has 0 radical (unpaired) electrons. The van der Waals surface area contributed by atoms with Crippen LogP contribution in [0.3, 0.4) is 0 Å². The van der Waals surface area contributed by atoms with Crippen molar-refractivity contribution >= 4 is 23.3 Å². The molecule has 1 atom stereocenters. The molecule has 2 fully saturated rings. The lowest BCUT2D eigenvalue weighted by molar-refractivity contribution is -0.131. The van der Waals surface area contributed by atoms with Crippen molar-refractivity contribution in [1.29, 1.82) is 0 Å². The van der Waals surface area contributed by atoms with Gasteiger partial charge in [0, 0.05) is 56.9 Å². The SMILES string of the molecule is O=C(CC[C@@H]1CCCN(Cc2cccc(Cl)c2)C1)N1CCN(c2ccccn2)CC1. The quantitative estimate of drug-likeness (QED) is 0.697. The van der Waals surface area contributed by atoms with Crippen molar-refractivity contribution < 1.29 is 4.79 Å². The van der Waals surface area contributed by atoms with E-state index in [4.69, 9.17) is 11.6 Å². The summed E-state index contributed by atoms with van der Waals surface area (Å²) in [7, 11) is 0. The number of likely N-dealkylation sites (tertiary alicyclic amines) is 1. The van der Waals surface area contributed by atoms with Crippen molar-refractivity contribution in [2.75, 3.05) is 44.2 Å². The molecule has 5 nitrogen and oxygen atoms in total. The lowest BCUT2D eigenvalue weighted by Gasteiger charge is -2.36. The van der Waals surface area contributed by atoms with Crippen LogP contribution in [-0.4, -0.2) is 60.0 Å². The number of hydrogen-bond donors (Lipinski definition) is 0. The number of nitrogens with zero attached hydrogens (tertiary/aromatic N) is 4. The molecule has 0 bridgehead atoms. The predicted octanol–water partition coefficient (Wildman–Crippen LogP) is 4.08. The summed E-state index contributed by atoms with van der Waals surface area (Å²) in [6, 6.07) is 14.1. The van der Waals surface area contributed by atoms with E-state index >= 15 is 0 Å². The smallest absolute Gasteiger partial charge is 0.222 e. The summed E-state index contributed by atoms with van der Waals surface area (Å²) in [5.74, 6) is 1.92. The van der Waals surface area contributed by atoms with E-state index in [1.54, 1.807) is 0 Å². The third kappa shape index (κ3) is 5.73. The Balaban J connectivity index is 1.20. The molecule has 2 saturated heterocycles. The zero-order valence-electron chi connectivity index (χ0n) is 17.5. The zero-order chi connectivity index (χ0) is 20.8. The van der Waals surface area contributed by atoms with Crippen LogP contribution in [0.4, 0.5) is 5.82 Å². The number of hydrogen-bond acceptors (Lipinski definition) is 4. The maximum atomic E-state index is 12.8. The Bertz CT molecular complexity index is 823. The molecule has 1 aromatic carbocycles. The minimum atomic E-state index is 0.308. The van der Waals surface area contributed by atoms with Crippen LogP contribution in [0.2, 0.25) is 5.02 Å². The molecular weight excluding hydrogens is 396 g/mol. The number of carbonyl (C=O) groups is 1. The van der Waals surface area contributed by atoms with Gasteiger partial charge in [0.15, 0.2) is 0 Å². The second-order valence-corrected chi connectivity index (χ2v) is 8.90. The van der Waals surface area contributed by atoms with Crippen LogP contribution in [0.5, 0.6) is 0 Å². The molecule has 2 aliphatic rings. The van der Waals surface area contributed by atoms with Gasteiger partial charge in [0.05, 0.1) is 0 Å². The fourth-order valence-corrected chi connectivity index (χ4v) is 4.85. The second kappa shape index (κ2) is 10.3. The number of piperidine rings is 1. The van der Waals surface area contributed by atoms with Gasteiger partial charge in [0.25, 0.3) is 0 Å². The van der Waals surface area contributed by atoms with Gasteiger partial charge in [-0.1, -0.05) is 29.8 Å². The van der Waals surface area contributed by atoms with E-state index in [9.17, 15) is 4.79 Å². The molecule has 30 heavy (non-hydrogen) atoms. The van der Waals surface area contributed by atoms with Crippen molar-refractivity contribution in [1.82, 2.24) is 14.8 Å². The highest BCUT2D eigenvalue weighted by molar-refractivity contribution is 6.30. The van der Waals surface area contributed by atoms with Crippen LogP contribution < -0.4 is 4.90 Å². The average molecular weight is 427 g/mol. The first-order chi connectivity index (χ1) is 14.7. The third-order valence-electron chi connectivity index (χ3n) is 6.27. The van der Waals surface area contributed by atoms with Gasteiger partial charge < -0.3 is 9.80 Å². The van der Waals surface area contributed by atoms with E-state index < -0.39 is 0 Å². The largest absolute Gasteiger partial charge is 0.353 e. The van der Waals surface area contributed by atoms with Crippen LogP contribution in [0.1, 0.15) is 31.2 Å². The normalized spacial score (nSPS) is 20.4. The number of halogens is 1. The van der Waals surface area contributed by atoms with Crippen LogP contribution >= 0.6 is 11.6 Å². The lowest BCUT2D eigenvalue weighted by Crippen LogP contribution is -2.49. The monoisotopic (exact) mass is 426 g/mol. The van der Waals surface area contributed by atoms with E-state index in [1.807, 2.05) is 41.4 Å². The van der Waals surface area contributed by atoms with Crippen molar-refractivity contribution in [3.05, 3.63) is 59.2 Å². The van der Waals surface area contributed by atoms with Crippen molar-refractivity contribution in [3.8, 4) is 0 Å². The number of carbonyl (C=O) groups excluding carboxylic acids is 1. The Kier molecular flexibility index (Phi) is 7.24. The maximum Gasteiger partial charge on any atom is 0.222 e. The van der Waals surface area contributed by atoms with Crippen molar-refractivity contribution in [3.63, 3.8) is 0 Å². The highest BCUT2D eigenvalue weighted by Gasteiger charge is 2.24. The predicted molar refractivity (Wildman–Crippen MR) is 122 cm³/mol. The van der Waals surface area contributed by atoms with E-state index in [-0.39, 0.29) is 0 Å². The molecule has 0 spiro atoms. The highest BCUT2D eigenvalue weighted by atomic mass is 35.5. The molecule has 1 amide bonds. The fourth-order valence-electron chi connectivity index (χ4n) is 4.64. The molecule has 160 valence electrons. The van der Waals surface area contributed by atoms with E-state index in [1.165, 1.54) is 18.4 Å². The number of piperazine rings is 1. The van der Waals surface area contributed by atoms with Crippen LogP contribution in [0.15, 0.2) is 48.7 Å². The first-order valence-electron chi connectivity index (χ1n) is 11.1. The molecule has 0 saturated carbocycles. The van der Waals surface area contributed by atoms with Crippen molar-refractivity contribution in [2.24, 2.45) is 5.92 Å². The zero-order valence-corrected chi connectivity index (χ0v) is 18.3. The number of rotatable bonds is 6. The summed E-state index contributed by atoms with van der Waals surface area (Å²) in [4.78, 5) is 24.0. The average Bonchev–Trinajstić information content (AvgIpc) is 2.78. The molecule has 0 N–H and O–H groups in total. The minimum Gasteiger partial charge on any atom is -0.353 e. The number of anilines is 1. The molecule has 2 aliphatic heterocycles. The van der Waals surface area contributed by atoms with Gasteiger partial charge in [0.1, 0.15) is 5.82 Å². The van der Waals surface area contributed by atoms with Gasteiger partial charge in [-0.05, 0) is 61.6 Å². The summed E-state index contributed by atoms with van der Waals surface area (Å²) in [6.45, 7) is 6.46. The number of benzene rings is 1. The fraction of sp³-hybridized carbons (Fsp3) is 0.500.